The number of imidazole rings is 1. The lowest BCUT2D eigenvalue weighted by molar-refractivity contribution is -0.115. The van der Waals surface area contributed by atoms with Crippen molar-refractivity contribution in [2.75, 3.05) is 11.1 Å². The highest BCUT2D eigenvalue weighted by atomic mass is 32.2. The zero-order chi connectivity index (χ0) is 17.6. The lowest BCUT2D eigenvalue weighted by atomic mass is 10.2. The van der Waals surface area contributed by atoms with Crippen molar-refractivity contribution in [3.05, 3.63) is 54.1 Å². The Kier molecular flexibility index (Phi) is 5.36. The van der Waals surface area contributed by atoms with Gasteiger partial charge in [-0.05, 0) is 31.2 Å². The first kappa shape index (κ1) is 17.1. The number of carbonyl (C=O) groups excluding carboxylic acids is 1. The molecule has 6 heteroatoms. The summed E-state index contributed by atoms with van der Waals surface area (Å²) in [5.41, 5.74) is 3.11. The van der Waals surface area contributed by atoms with Crippen molar-refractivity contribution < 1.29 is 4.79 Å². The number of amides is 1. The Labute approximate surface area is 150 Å². The van der Waals surface area contributed by atoms with E-state index in [-0.39, 0.29) is 5.91 Å². The van der Waals surface area contributed by atoms with Crippen LogP contribution in [0.1, 0.15) is 18.9 Å². The standard InChI is InChI=1S/C19H18N4OS/c1-2-23-17-10-6-5-9-16(17)22-19(23)25-12-11-18(24)21-15-8-4-3-7-14(15)13-20/h3-10H,2,11-12H2,1H3,(H,21,24). The van der Waals surface area contributed by atoms with E-state index in [0.29, 0.717) is 23.4 Å². The molecule has 3 rings (SSSR count). The molecule has 0 radical (unpaired) electrons. The number of hydrogen-bond acceptors (Lipinski definition) is 4. The quantitative estimate of drug-likeness (QED) is 0.681. The van der Waals surface area contributed by atoms with Crippen LogP contribution in [0.4, 0.5) is 5.69 Å². The normalized spacial score (nSPS) is 10.6. The van der Waals surface area contributed by atoms with Crippen LogP contribution in [0, 0.1) is 11.3 Å². The molecule has 1 aromatic heterocycles. The van der Waals surface area contributed by atoms with Gasteiger partial charge in [-0.3, -0.25) is 4.79 Å². The minimum atomic E-state index is -0.102. The summed E-state index contributed by atoms with van der Waals surface area (Å²) >= 11 is 1.57. The highest BCUT2D eigenvalue weighted by molar-refractivity contribution is 7.99. The number of fused-ring (bicyclic) bond motifs is 1. The lowest BCUT2D eigenvalue weighted by Crippen LogP contribution is -2.13. The van der Waals surface area contributed by atoms with E-state index in [1.54, 1.807) is 36.0 Å². The van der Waals surface area contributed by atoms with Gasteiger partial charge in [-0.1, -0.05) is 36.0 Å². The molecule has 1 N–H and O–H groups in total. The van der Waals surface area contributed by atoms with Gasteiger partial charge in [-0.15, -0.1) is 0 Å². The zero-order valence-electron chi connectivity index (χ0n) is 13.9. The predicted octanol–water partition coefficient (Wildman–Crippen LogP) is 4.05. The maximum atomic E-state index is 12.1. The molecule has 126 valence electrons. The molecular formula is C19H18N4OS. The third-order valence-electron chi connectivity index (χ3n) is 3.82. The lowest BCUT2D eigenvalue weighted by Gasteiger charge is -2.07. The molecule has 1 amide bonds. The number of para-hydroxylation sites is 3. The first-order valence-electron chi connectivity index (χ1n) is 8.10. The number of nitrogens with zero attached hydrogens (tertiary/aromatic N) is 3. The molecule has 0 atom stereocenters. The van der Waals surface area contributed by atoms with Crippen LogP contribution >= 0.6 is 11.8 Å². The molecule has 2 aromatic carbocycles. The molecule has 0 aliphatic rings. The molecule has 0 aliphatic heterocycles. The van der Waals surface area contributed by atoms with Crippen molar-refractivity contribution >= 4 is 34.4 Å². The number of nitrogens with one attached hydrogen (secondary N) is 1. The summed E-state index contributed by atoms with van der Waals surface area (Å²) in [6.07, 6.45) is 0.358. The molecule has 0 bridgehead atoms. The van der Waals surface area contributed by atoms with Crippen molar-refractivity contribution in [2.45, 2.75) is 25.0 Å². The largest absolute Gasteiger partial charge is 0.325 e. The molecular weight excluding hydrogens is 332 g/mol. The van der Waals surface area contributed by atoms with Crippen molar-refractivity contribution in [1.29, 1.82) is 5.26 Å². The summed E-state index contributed by atoms with van der Waals surface area (Å²) in [7, 11) is 0. The van der Waals surface area contributed by atoms with E-state index in [1.807, 2.05) is 18.2 Å². The van der Waals surface area contributed by atoms with Crippen LogP contribution in [0.25, 0.3) is 11.0 Å². The van der Waals surface area contributed by atoms with Gasteiger partial charge in [-0.25, -0.2) is 4.98 Å². The van der Waals surface area contributed by atoms with Crippen molar-refractivity contribution in [2.24, 2.45) is 0 Å². The molecule has 0 saturated heterocycles. The summed E-state index contributed by atoms with van der Waals surface area (Å²) in [6.45, 7) is 2.92. The smallest absolute Gasteiger partial charge is 0.225 e. The number of anilines is 1. The van der Waals surface area contributed by atoms with Crippen molar-refractivity contribution in [3.63, 3.8) is 0 Å². The average Bonchev–Trinajstić information content (AvgIpc) is 2.99. The number of benzene rings is 2. The monoisotopic (exact) mass is 350 g/mol. The summed E-state index contributed by atoms with van der Waals surface area (Å²) in [6, 6.07) is 17.1. The van der Waals surface area contributed by atoms with Crippen LogP contribution in [-0.2, 0) is 11.3 Å². The van der Waals surface area contributed by atoms with Gasteiger partial charge >= 0.3 is 0 Å². The van der Waals surface area contributed by atoms with Gasteiger partial charge in [0.25, 0.3) is 0 Å². The van der Waals surface area contributed by atoms with Gasteiger partial charge in [0, 0.05) is 18.7 Å². The molecule has 0 aliphatic carbocycles. The minimum absolute atomic E-state index is 0.102. The average molecular weight is 350 g/mol. The topological polar surface area (TPSA) is 70.7 Å². The SMILES string of the molecule is CCn1c(SCCC(=O)Nc2ccccc2C#N)nc2ccccc21. The van der Waals surface area contributed by atoms with Gasteiger partial charge in [0.2, 0.25) is 5.91 Å². The summed E-state index contributed by atoms with van der Waals surface area (Å²) in [4.78, 5) is 16.8. The Morgan fingerprint density at radius 1 is 1.24 bits per heavy atom. The Morgan fingerprint density at radius 3 is 2.80 bits per heavy atom. The van der Waals surface area contributed by atoms with Gasteiger partial charge in [0.05, 0.1) is 22.3 Å². The van der Waals surface area contributed by atoms with Crippen LogP contribution < -0.4 is 5.32 Å². The van der Waals surface area contributed by atoms with Crippen LogP contribution in [0.5, 0.6) is 0 Å². The molecule has 3 aromatic rings. The Hall–Kier alpha value is -2.78. The van der Waals surface area contributed by atoms with Gasteiger partial charge in [0.15, 0.2) is 5.16 Å². The van der Waals surface area contributed by atoms with Crippen LogP contribution in [0.15, 0.2) is 53.7 Å². The third kappa shape index (κ3) is 3.83. The van der Waals surface area contributed by atoms with E-state index >= 15 is 0 Å². The van der Waals surface area contributed by atoms with Crippen LogP contribution in [0.2, 0.25) is 0 Å². The van der Waals surface area contributed by atoms with Crippen molar-refractivity contribution in [3.8, 4) is 6.07 Å². The van der Waals surface area contributed by atoms with Gasteiger partial charge < -0.3 is 9.88 Å². The van der Waals surface area contributed by atoms with Crippen LogP contribution in [0.3, 0.4) is 0 Å². The second-order valence-electron chi connectivity index (χ2n) is 5.43. The molecule has 5 nitrogen and oxygen atoms in total. The minimum Gasteiger partial charge on any atom is -0.325 e. The molecule has 0 saturated carbocycles. The van der Waals surface area contributed by atoms with Gasteiger partial charge in [0.1, 0.15) is 6.07 Å². The summed E-state index contributed by atoms with van der Waals surface area (Å²) in [5, 5.41) is 12.8. The van der Waals surface area contributed by atoms with E-state index < -0.39 is 0 Å². The first-order chi connectivity index (χ1) is 12.2. The number of aromatic nitrogens is 2. The number of aryl methyl sites for hydroxylation is 1. The zero-order valence-corrected chi connectivity index (χ0v) is 14.7. The number of thioether (sulfide) groups is 1. The second kappa shape index (κ2) is 7.86. The van der Waals surface area contributed by atoms with Crippen LogP contribution in [-0.4, -0.2) is 21.2 Å². The van der Waals surface area contributed by atoms with Gasteiger partial charge in [-0.2, -0.15) is 5.26 Å². The molecule has 0 fully saturated rings. The maximum absolute atomic E-state index is 12.1. The van der Waals surface area contributed by atoms with E-state index in [0.717, 1.165) is 22.7 Å². The fourth-order valence-electron chi connectivity index (χ4n) is 2.61. The van der Waals surface area contributed by atoms with E-state index in [9.17, 15) is 4.79 Å². The Morgan fingerprint density at radius 2 is 2.00 bits per heavy atom. The summed E-state index contributed by atoms with van der Waals surface area (Å²) < 4.78 is 2.16. The number of rotatable bonds is 6. The highest BCUT2D eigenvalue weighted by Gasteiger charge is 2.11. The first-order valence-corrected chi connectivity index (χ1v) is 9.08. The Bertz CT molecular complexity index is 942. The third-order valence-corrected chi connectivity index (χ3v) is 4.80. The number of hydrogen-bond donors (Lipinski definition) is 1. The highest BCUT2D eigenvalue weighted by Crippen LogP contribution is 2.24. The molecule has 25 heavy (non-hydrogen) atoms. The maximum Gasteiger partial charge on any atom is 0.225 e. The number of carbonyl (C=O) groups is 1. The Balaban J connectivity index is 1.61. The van der Waals surface area contributed by atoms with E-state index in [4.69, 9.17) is 5.26 Å². The van der Waals surface area contributed by atoms with Crippen molar-refractivity contribution in [1.82, 2.24) is 9.55 Å². The summed E-state index contributed by atoms with van der Waals surface area (Å²) in [5.74, 6) is 0.526. The fraction of sp³-hybridized carbons (Fsp3) is 0.211. The molecule has 0 spiro atoms. The molecule has 1 heterocycles. The fourth-order valence-corrected chi connectivity index (χ4v) is 3.62. The predicted molar refractivity (Wildman–Crippen MR) is 101 cm³/mol. The second-order valence-corrected chi connectivity index (χ2v) is 6.49. The number of nitriles is 1. The van der Waals surface area contributed by atoms with E-state index in [1.165, 1.54) is 0 Å². The molecule has 0 unspecified atom stereocenters. The van der Waals surface area contributed by atoms with E-state index in [2.05, 4.69) is 33.9 Å².